The number of guanidine groups is 1. The zero-order valence-electron chi connectivity index (χ0n) is 17.0. The standard InChI is InChI=1S/C20H32N8/c1-3-21-20(23-9-5-11-28-12-6-10-25-28)24-17-18-7-4-8-22-19(18)27-15-13-26(2)14-16-27/h4,6-8,10,12H,3,5,9,11,13-17H2,1-2H3,(H2,21,23,24). The molecular formula is C20H32N8. The summed E-state index contributed by atoms with van der Waals surface area (Å²) in [6, 6.07) is 6.07. The van der Waals surface area contributed by atoms with E-state index >= 15 is 0 Å². The smallest absolute Gasteiger partial charge is 0.191 e. The molecule has 0 spiro atoms. The van der Waals surface area contributed by atoms with Gasteiger partial charge in [0.1, 0.15) is 5.82 Å². The van der Waals surface area contributed by atoms with Crippen molar-refractivity contribution in [1.29, 1.82) is 0 Å². The van der Waals surface area contributed by atoms with Crippen molar-refractivity contribution in [2.45, 2.75) is 26.4 Å². The highest BCUT2D eigenvalue weighted by atomic mass is 15.3. The number of nitrogens with one attached hydrogen (secondary N) is 2. The third kappa shape index (κ3) is 5.95. The number of rotatable bonds is 8. The Morgan fingerprint density at radius 1 is 1.14 bits per heavy atom. The van der Waals surface area contributed by atoms with Crippen LogP contribution in [0.2, 0.25) is 0 Å². The first-order valence-corrected chi connectivity index (χ1v) is 10.1. The van der Waals surface area contributed by atoms with Crippen molar-refractivity contribution in [3.8, 4) is 0 Å². The van der Waals surface area contributed by atoms with Crippen molar-refractivity contribution >= 4 is 11.8 Å². The number of hydrogen-bond donors (Lipinski definition) is 2. The Morgan fingerprint density at radius 2 is 2.00 bits per heavy atom. The van der Waals surface area contributed by atoms with Gasteiger partial charge < -0.3 is 20.4 Å². The van der Waals surface area contributed by atoms with Crippen molar-refractivity contribution in [1.82, 2.24) is 30.3 Å². The normalized spacial score (nSPS) is 15.6. The Morgan fingerprint density at radius 3 is 2.75 bits per heavy atom. The summed E-state index contributed by atoms with van der Waals surface area (Å²) >= 11 is 0. The van der Waals surface area contributed by atoms with Crippen LogP contribution >= 0.6 is 0 Å². The van der Waals surface area contributed by atoms with Gasteiger partial charge in [0.05, 0.1) is 6.54 Å². The maximum absolute atomic E-state index is 4.78. The van der Waals surface area contributed by atoms with E-state index in [9.17, 15) is 0 Å². The maximum Gasteiger partial charge on any atom is 0.191 e. The molecule has 1 saturated heterocycles. The van der Waals surface area contributed by atoms with Crippen LogP contribution in [-0.2, 0) is 13.1 Å². The molecule has 1 aliphatic rings. The van der Waals surface area contributed by atoms with Gasteiger partial charge in [-0.2, -0.15) is 5.10 Å². The lowest BCUT2D eigenvalue weighted by Gasteiger charge is -2.34. The van der Waals surface area contributed by atoms with E-state index in [2.05, 4.69) is 50.6 Å². The van der Waals surface area contributed by atoms with Crippen molar-refractivity contribution in [3.05, 3.63) is 42.4 Å². The van der Waals surface area contributed by atoms with E-state index < -0.39 is 0 Å². The number of anilines is 1. The van der Waals surface area contributed by atoms with Gasteiger partial charge in [-0.05, 0) is 32.5 Å². The van der Waals surface area contributed by atoms with Crippen molar-refractivity contribution in [2.24, 2.45) is 4.99 Å². The Labute approximate surface area is 167 Å². The highest BCUT2D eigenvalue weighted by Crippen LogP contribution is 2.19. The Kier molecular flexibility index (Phi) is 7.66. The van der Waals surface area contributed by atoms with Gasteiger partial charge in [-0.25, -0.2) is 9.98 Å². The minimum absolute atomic E-state index is 0.615. The third-order valence-electron chi connectivity index (χ3n) is 4.84. The summed E-state index contributed by atoms with van der Waals surface area (Å²) in [5, 5.41) is 11.0. The summed E-state index contributed by atoms with van der Waals surface area (Å²) in [6.45, 7) is 9.44. The summed E-state index contributed by atoms with van der Waals surface area (Å²) in [6.07, 6.45) is 6.66. The van der Waals surface area contributed by atoms with Crippen LogP contribution in [0.15, 0.2) is 41.8 Å². The van der Waals surface area contributed by atoms with Crippen molar-refractivity contribution < 1.29 is 0 Å². The average molecular weight is 385 g/mol. The first-order valence-electron chi connectivity index (χ1n) is 10.1. The first-order chi connectivity index (χ1) is 13.8. The lowest BCUT2D eigenvalue weighted by Crippen LogP contribution is -2.45. The molecule has 8 nitrogen and oxygen atoms in total. The van der Waals surface area contributed by atoms with Gasteiger partial charge in [0.15, 0.2) is 5.96 Å². The van der Waals surface area contributed by atoms with Gasteiger partial charge in [0.25, 0.3) is 0 Å². The molecule has 2 aromatic rings. The molecule has 0 aromatic carbocycles. The molecular weight excluding hydrogens is 352 g/mol. The van der Waals surface area contributed by atoms with Crippen LogP contribution in [0, 0.1) is 0 Å². The molecule has 0 saturated carbocycles. The van der Waals surface area contributed by atoms with Crippen LogP contribution in [-0.4, -0.2) is 71.9 Å². The predicted octanol–water partition coefficient (Wildman–Crippen LogP) is 1.18. The SMILES string of the molecule is CCNC(=NCc1cccnc1N1CCN(C)CC1)NCCCn1cccn1. The van der Waals surface area contributed by atoms with E-state index in [4.69, 9.17) is 4.99 Å². The maximum atomic E-state index is 4.78. The van der Waals surface area contributed by atoms with Crippen LogP contribution in [0.1, 0.15) is 18.9 Å². The van der Waals surface area contributed by atoms with Crippen LogP contribution in [0.4, 0.5) is 5.82 Å². The molecule has 0 radical (unpaired) electrons. The number of hydrogen-bond acceptors (Lipinski definition) is 5. The van der Waals surface area contributed by atoms with Gasteiger partial charge in [0.2, 0.25) is 0 Å². The fourth-order valence-corrected chi connectivity index (χ4v) is 3.24. The molecule has 0 unspecified atom stereocenters. The van der Waals surface area contributed by atoms with Gasteiger partial charge in [-0.3, -0.25) is 4.68 Å². The van der Waals surface area contributed by atoms with Crippen LogP contribution in [0.25, 0.3) is 0 Å². The molecule has 1 fully saturated rings. The molecule has 152 valence electrons. The quantitative estimate of drug-likeness (QED) is 0.404. The zero-order valence-corrected chi connectivity index (χ0v) is 17.0. The summed E-state index contributed by atoms with van der Waals surface area (Å²) in [7, 11) is 2.17. The van der Waals surface area contributed by atoms with E-state index in [1.165, 1.54) is 5.56 Å². The fraction of sp³-hybridized carbons (Fsp3) is 0.550. The fourth-order valence-electron chi connectivity index (χ4n) is 3.24. The topological polar surface area (TPSA) is 73.6 Å². The van der Waals surface area contributed by atoms with Crippen LogP contribution < -0.4 is 15.5 Å². The lowest BCUT2D eigenvalue weighted by molar-refractivity contribution is 0.312. The van der Waals surface area contributed by atoms with Crippen molar-refractivity contribution in [3.63, 3.8) is 0 Å². The lowest BCUT2D eigenvalue weighted by atomic mass is 10.2. The molecule has 2 aromatic heterocycles. The zero-order chi connectivity index (χ0) is 19.6. The predicted molar refractivity (Wildman–Crippen MR) is 114 cm³/mol. The third-order valence-corrected chi connectivity index (χ3v) is 4.84. The highest BCUT2D eigenvalue weighted by molar-refractivity contribution is 5.79. The molecule has 3 heterocycles. The summed E-state index contributed by atoms with van der Waals surface area (Å²) in [5.41, 5.74) is 1.17. The van der Waals surface area contributed by atoms with Gasteiger partial charge >= 0.3 is 0 Å². The van der Waals surface area contributed by atoms with E-state index in [1.807, 2.05) is 35.4 Å². The average Bonchev–Trinajstić information content (AvgIpc) is 3.24. The van der Waals surface area contributed by atoms with E-state index in [-0.39, 0.29) is 0 Å². The number of aliphatic imine (C=N–C) groups is 1. The second kappa shape index (κ2) is 10.7. The minimum atomic E-state index is 0.615. The Bertz CT molecular complexity index is 720. The summed E-state index contributed by atoms with van der Waals surface area (Å²) in [4.78, 5) is 14.2. The number of likely N-dealkylation sites (N-methyl/N-ethyl adjacent to an activating group) is 1. The second-order valence-corrected chi connectivity index (χ2v) is 7.02. The molecule has 3 rings (SSSR count). The summed E-state index contributed by atoms with van der Waals surface area (Å²) < 4.78 is 1.95. The molecule has 8 heteroatoms. The van der Waals surface area contributed by atoms with E-state index in [1.54, 1.807) is 0 Å². The van der Waals surface area contributed by atoms with Crippen molar-refractivity contribution in [2.75, 3.05) is 51.2 Å². The Balaban J connectivity index is 1.56. The number of nitrogens with zero attached hydrogens (tertiary/aromatic N) is 6. The van der Waals surface area contributed by atoms with Crippen LogP contribution in [0.5, 0.6) is 0 Å². The van der Waals surface area contributed by atoms with E-state index in [0.29, 0.717) is 6.54 Å². The van der Waals surface area contributed by atoms with Gasteiger partial charge in [-0.1, -0.05) is 6.07 Å². The molecule has 28 heavy (non-hydrogen) atoms. The number of aromatic nitrogens is 3. The number of aryl methyl sites for hydroxylation is 1. The number of piperazine rings is 1. The molecule has 0 amide bonds. The first kappa shape index (κ1) is 20.1. The largest absolute Gasteiger partial charge is 0.357 e. The Hall–Kier alpha value is -2.61. The minimum Gasteiger partial charge on any atom is -0.357 e. The highest BCUT2D eigenvalue weighted by Gasteiger charge is 2.17. The molecule has 0 bridgehead atoms. The molecule has 0 atom stereocenters. The van der Waals surface area contributed by atoms with Gasteiger partial charge in [-0.15, -0.1) is 0 Å². The molecule has 0 aliphatic carbocycles. The van der Waals surface area contributed by atoms with E-state index in [0.717, 1.165) is 64.0 Å². The summed E-state index contributed by atoms with van der Waals surface area (Å²) in [5.74, 6) is 1.91. The molecule has 2 N–H and O–H groups in total. The molecule has 1 aliphatic heterocycles. The van der Waals surface area contributed by atoms with Crippen LogP contribution in [0.3, 0.4) is 0 Å². The monoisotopic (exact) mass is 384 g/mol. The number of pyridine rings is 1. The van der Waals surface area contributed by atoms with Gasteiger partial charge in [0, 0.05) is 70.0 Å². The second-order valence-electron chi connectivity index (χ2n) is 7.02.